The third-order valence-corrected chi connectivity index (χ3v) is 1.13. The van der Waals surface area contributed by atoms with E-state index in [1.165, 1.54) is 0 Å². The molecule has 0 heterocycles. The van der Waals surface area contributed by atoms with Crippen molar-refractivity contribution in [3.8, 4) is 5.75 Å². The summed E-state index contributed by atoms with van der Waals surface area (Å²) < 4.78 is 0. The van der Waals surface area contributed by atoms with Crippen LogP contribution in [0.15, 0.2) is 30.3 Å². The van der Waals surface area contributed by atoms with E-state index in [0.29, 0.717) is 5.75 Å². The second-order valence-electron chi connectivity index (χ2n) is 2.17. The average molecular weight is 156 g/mol. The van der Waals surface area contributed by atoms with Crippen LogP contribution in [0.25, 0.3) is 0 Å². The minimum atomic E-state index is 0.322. The van der Waals surface area contributed by atoms with Gasteiger partial charge in [0.1, 0.15) is 5.75 Å². The maximum Gasteiger partial charge on any atom is 0.115 e. The number of phenols is 1. The highest BCUT2D eigenvalue weighted by atomic mass is 16.3. The largest absolute Gasteiger partial charge is 0.508 e. The van der Waals surface area contributed by atoms with Gasteiger partial charge in [0.2, 0.25) is 0 Å². The smallest absolute Gasteiger partial charge is 0.115 e. The van der Waals surface area contributed by atoms with Crippen molar-refractivity contribution >= 4 is 22.0 Å². The van der Waals surface area contributed by atoms with Crippen LogP contribution in [0, 0.1) is 0 Å². The predicted molar refractivity (Wildman–Crippen MR) is 55.8 cm³/mol. The van der Waals surface area contributed by atoms with E-state index < -0.39 is 0 Å². The van der Waals surface area contributed by atoms with Gasteiger partial charge < -0.3 is 5.11 Å². The topological polar surface area (TPSA) is 20.2 Å². The summed E-state index contributed by atoms with van der Waals surface area (Å²) in [4.78, 5) is 0. The lowest BCUT2D eigenvalue weighted by Crippen LogP contribution is -1.98. The van der Waals surface area contributed by atoms with Crippen LogP contribution in [0.5, 0.6) is 5.75 Å². The molecule has 0 atom stereocenters. The minimum Gasteiger partial charge on any atom is -0.508 e. The first-order valence-corrected chi connectivity index (χ1v) is 3.92. The second kappa shape index (κ2) is 8.31. The lowest BCUT2D eigenvalue weighted by atomic mass is 9.27. The van der Waals surface area contributed by atoms with Gasteiger partial charge in [0.05, 0.1) is 7.17 Å². The van der Waals surface area contributed by atoms with Crippen LogP contribution in [-0.2, 0) is 0 Å². The van der Waals surface area contributed by atoms with Gasteiger partial charge in [0.25, 0.3) is 0 Å². The Kier molecular flexibility index (Phi) is 7.77. The van der Waals surface area contributed by atoms with E-state index >= 15 is 0 Å². The highest BCUT2D eigenvalue weighted by Crippen LogP contribution is 2.02. The summed E-state index contributed by atoms with van der Waals surface area (Å²) in [6.45, 7) is 2.04. The van der Waals surface area contributed by atoms with Crippen molar-refractivity contribution in [2.24, 2.45) is 0 Å². The number of phenolic OH excluding ortho intramolecular Hbond substituents is 1. The molecule has 0 amide bonds. The van der Waals surface area contributed by atoms with Crippen LogP contribution in [0.4, 0.5) is 0 Å². The molecule has 0 aliphatic rings. The second-order valence-corrected chi connectivity index (χ2v) is 2.17. The van der Waals surface area contributed by atoms with E-state index in [2.05, 4.69) is 0 Å². The quantitative estimate of drug-likeness (QED) is 0.637. The molecule has 12 heavy (non-hydrogen) atoms. The predicted octanol–water partition coefficient (Wildman–Crippen LogP) is 1.22. The number of hydrogen-bond donors (Lipinski definition) is 1. The monoisotopic (exact) mass is 156 g/mol. The van der Waals surface area contributed by atoms with Crippen molar-refractivity contribution in [2.45, 2.75) is 13.2 Å². The Balaban J connectivity index is 0.000000217. The normalized spacial score (nSPS) is 7.75. The van der Waals surface area contributed by atoms with Crippen molar-refractivity contribution in [3.63, 3.8) is 0 Å². The first-order valence-electron chi connectivity index (χ1n) is 3.92. The molecular formula is C8H11B3O. The third-order valence-electron chi connectivity index (χ3n) is 1.13. The van der Waals surface area contributed by atoms with E-state index in [-0.39, 0.29) is 0 Å². The van der Waals surface area contributed by atoms with Gasteiger partial charge in [-0.2, -0.15) is 0 Å². The van der Waals surface area contributed by atoms with Crippen LogP contribution in [0.2, 0.25) is 6.32 Å². The van der Waals surface area contributed by atoms with Crippen LogP contribution in [0.3, 0.4) is 0 Å². The summed E-state index contributed by atoms with van der Waals surface area (Å²) in [5, 5.41) is 8.63. The molecule has 1 nitrogen and oxygen atoms in total. The molecule has 0 bridgehead atoms. The maximum absolute atomic E-state index is 8.63. The van der Waals surface area contributed by atoms with Gasteiger partial charge in [-0.05, 0) is 12.1 Å². The van der Waals surface area contributed by atoms with E-state index in [0.717, 1.165) is 6.32 Å². The Bertz CT molecular complexity index is 177. The van der Waals surface area contributed by atoms with Crippen LogP contribution >= 0.6 is 0 Å². The van der Waals surface area contributed by atoms with Gasteiger partial charge in [-0.1, -0.05) is 31.4 Å². The molecular weight excluding hydrogens is 145 g/mol. The number of rotatable bonds is 2. The summed E-state index contributed by atoms with van der Waals surface area (Å²) in [5.41, 5.74) is 0. The molecule has 1 N–H and O–H groups in total. The molecule has 0 aromatic heterocycles. The summed E-state index contributed by atoms with van der Waals surface area (Å²) in [6.07, 6.45) is 1.04. The van der Waals surface area contributed by atoms with Crippen LogP contribution in [-0.4, -0.2) is 27.1 Å². The fourth-order valence-corrected chi connectivity index (χ4v) is 0.564. The summed E-state index contributed by atoms with van der Waals surface area (Å²) in [7, 11) is 8.42. The average Bonchev–Trinajstić information content (AvgIpc) is 2.08. The lowest BCUT2D eigenvalue weighted by molar-refractivity contribution is 0.475. The molecule has 58 valence electrons. The van der Waals surface area contributed by atoms with E-state index in [4.69, 9.17) is 12.8 Å². The molecule has 0 aliphatic heterocycles. The van der Waals surface area contributed by atoms with Gasteiger partial charge >= 0.3 is 0 Å². The molecule has 0 fully saturated rings. The van der Waals surface area contributed by atoms with Crippen molar-refractivity contribution in [3.05, 3.63) is 30.3 Å². The SMILES string of the molecule is Oc1ccccc1.[B][B][B]CC. The fourth-order valence-electron chi connectivity index (χ4n) is 0.564. The Morgan fingerprint density at radius 3 is 2.08 bits per heavy atom. The molecule has 0 aliphatic carbocycles. The van der Waals surface area contributed by atoms with E-state index in [1.807, 2.05) is 20.2 Å². The Morgan fingerprint density at radius 2 is 1.92 bits per heavy atom. The van der Waals surface area contributed by atoms with E-state index in [9.17, 15) is 0 Å². The van der Waals surface area contributed by atoms with Gasteiger partial charge in [0, 0.05) is 14.8 Å². The first-order chi connectivity index (χ1) is 5.81. The van der Waals surface area contributed by atoms with Gasteiger partial charge in [-0.3, -0.25) is 0 Å². The number of para-hydroxylation sites is 1. The Morgan fingerprint density at radius 1 is 1.33 bits per heavy atom. The molecule has 0 spiro atoms. The standard InChI is InChI=1S/C6H6O.C2H5B3/c7-6-4-2-1-3-5-6;1-2-4-5-3/h1-5,7H;2H2,1H3. The maximum atomic E-state index is 8.63. The molecule has 0 saturated heterocycles. The van der Waals surface area contributed by atoms with Crippen molar-refractivity contribution in [1.29, 1.82) is 0 Å². The molecule has 1 aromatic carbocycles. The molecule has 1 rings (SSSR count). The van der Waals surface area contributed by atoms with E-state index in [1.54, 1.807) is 31.3 Å². The van der Waals surface area contributed by atoms with Gasteiger partial charge in [-0.15, -0.1) is 0 Å². The molecule has 0 unspecified atom stereocenters. The highest BCUT2D eigenvalue weighted by Gasteiger charge is 1.75. The summed E-state index contributed by atoms with van der Waals surface area (Å²) >= 11 is 0. The number of aromatic hydroxyl groups is 1. The van der Waals surface area contributed by atoms with Crippen molar-refractivity contribution in [2.75, 3.05) is 0 Å². The molecule has 1 aromatic rings. The Labute approximate surface area is 77.1 Å². The zero-order valence-corrected chi connectivity index (χ0v) is 7.27. The first kappa shape index (κ1) is 11.2. The molecule has 4 heteroatoms. The summed E-state index contributed by atoms with van der Waals surface area (Å²) in [5.74, 6) is 0.322. The third kappa shape index (κ3) is 7.32. The van der Waals surface area contributed by atoms with Crippen LogP contribution < -0.4 is 0 Å². The summed E-state index contributed by atoms with van der Waals surface area (Å²) in [6, 6.07) is 8.71. The lowest BCUT2D eigenvalue weighted by Gasteiger charge is -1.82. The fraction of sp³-hybridized carbons (Fsp3) is 0.250. The van der Waals surface area contributed by atoms with Gasteiger partial charge in [0.15, 0.2) is 0 Å². The zero-order valence-electron chi connectivity index (χ0n) is 7.27. The van der Waals surface area contributed by atoms with Gasteiger partial charge in [-0.25, -0.2) is 0 Å². The van der Waals surface area contributed by atoms with Crippen LogP contribution in [0.1, 0.15) is 6.92 Å². The zero-order chi connectivity index (χ0) is 9.23. The number of hydrogen-bond acceptors (Lipinski definition) is 1. The molecule has 0 saturated carbocycles. The molecule has 4 radical (unpaired) electrons. The Hall–Kier alpha value is -0.785. The van der Waals surface area contributed by atoms with Crippen molar-refractivity contribution in [1.82, 2.24) is 0 Å². The minimum absolute atomic E-state index is 0.322. The number of benzene rings is 1. The highest BCUT2D eigenvalue weighted by molar-refractivity contribution is 7.23. The van der Waals surface area contributed by atoms with Crippen molar-refractivity contribution < 1.29 is 5.11 Å².